The Labute approximate surface area is 160 Å². The van der Waals surface area contributed by atoms with Crippen molar-refractivity contribution in [3.8, 4) is 6.07 Å². The first-order valence-electron chi connectivity index (χ1n) is 8.92. The number of nitrogen functional groups attached to an aromatic ring is 1. The predicted octanol–water partition coefficient (Wildman–Crippen LogP) is 3.78. The molecule has 2 heterocycles. The van der Waals surface area contributed by atoms with Gasteiger partial charge in [0.1, 0.15) is 29.6 Å². The minimum Gasteiger partial charge on any atom is -0.382 e. The van der Waals surface area contributed by atoms with Crippen LogP contribution in [0.3, 0.4) is 0 Å². The quantitative estimate of drug-likeness (QED) is 0.862. The first-order chi connectivity index (χ1) is 12.8. The minimum atomic E-state index is -0.112. The second-order valence-corrected chi connectivity index (χ2v) is 6.98. The van der Waals surface area contributed by atoms with E-state index in [0.29, 0.717) is 5.82 Å². The number of benzene rings is 1. The normalized spacial score (nSPS) is 14.4. The average molecular weight is 360 g/mol. The van der Waals surface area contributed by atoms with Crippen molar-refractivity contribution in [2.75, 3.05) is 11.1 Å². The number of nitrogens with zero attached hydrogens (tertiary/aromatic N) is 4. The van der Waals surface area contributed by atoms with Crippen LogP contribution in [0.15, 0.2) is 36.8 Å². The Kier molecular flexibility index (Phi) is 4.87. The zero-order valence-corrected chi connectivity index (χ0v) is 16.1. The maximum atomic E-state index is 9.38. The van der Waals surface area contributed by atoms with Crippen LogP contribution in [0.1, 0.15) is 43.0 Å². The van der Waals surface area contributed by atoms with E-state index in [9.17, 15) is 5.26 Å². The Morgan fingerprint density at radius 1 is 1.26 bits per heavy atom. The summed E-state index contributed by atoms with van der Waals surface area (Å²) in [6, 6.07) is 8.45. The maximum Gasteiger partial charge on any atom is 0.150 e. The fourth-order valence-corrected chi connectivity index (χ4v) is 3.55. The number of aryl methyl sites for hydroxylation is 1. The van der Waals surface area contributed by atoms with Crippen molar-refractivity contribution in [1.82, 2.24) is 14.9 Å². The molecule has 0 radical (unpaired) electrons. The van der Waals surface area contributed by atoms with Gasteiger partial charge < -0.3 is 16.0 Å². The number of fused-ring (bicyclic) bond motifs is 1. The van der Waals surface area contributed by atoms with Crippen LogP contribution in [0.5, 0.6) is 0 Å². The van der Waals surface area contributed by atoms with Crippen molar-refractivity contribution in [2.45, 2.75) is 39.8 Å². The summed E-state index contributed by atoms with van der Waals surface area (Å²) in [5.41, 5.74) is 11.6. The third-order valence-corrected chi connectivity index (χ3v) is 4.77. The van der Waals surface area contributed by atoms with Crippen LogP contribution in [-0.2, 0) is 0 Å². The molecule has 6 nitrogen and oxygen atoms in total. The highest BCUT2D eigenvalue weighted by Crippen LogP contribution is 2.37. The van der Waals surface area contributed by atoms with Crippen molar-refractivity contribution in [2.24, 2.45) is 0 Å². The van der Waals surface area contributed by atoms with E-state index in [1.54, 1.807) is 0 Å². The van der Waals surface area contributed by atoms with Gasteiger partial charge in [-0.15, -0.1) is 0 Å². The molecule has 0 aliphatic carbocycles. The Balaban J connectivity index is 2.05. The van der Waals surface area contributed by atoms with E-state index in [2.05, 4.69) is 77.9 Å². The number of nitrogens with one attached hydrogen (secondary N) is 1. The third-order valence-electron chi connectivity index (χ3n) is 4.77. The van der Waals surface area contributed by atoms with Crippen molar-refractivity contribution < 1.29 is 0 Å². The fraction of sp³-hybridized carbons (Fsp3) is 0.286. The van der Waals surface area contributed by atoms with Gasteiger partial charge in [0, 0.05) is 23.0 Å². The first kappa shape index (κ1) is 18.5. The molecule has 0 amide bonds. The summed E-state index contributed by atoms with van der Waals surface area (Å²) in [5, 5.41) is 12.7. The van der Waals surface area contributed by atoms with Crippen LogP contribution >= 0.6 is 0 Å². The number of nitrogens with two attached hydrogens (primary N) is 1. The Hall–Kier alpha value is -3.33. The number of nitriles is 1. The minimum absolute atomic E-state index is 0.112. The molecule has 1 atom stereocenters. The molecule has 0 spiro atoms. The highest BCUT2D eigenvalue weighted by Gasteiger charge is 2.28. The molecule has 1 aliphatic rings. The van der Waals surface area contributed by atoms with Gasteiger partial charge in [0.2, 0.25) is 0 Å². The molecule has 0 bridgehead atoms. The molecule has 0 saturated heterocycles. The van der Waals surface area contributed by atoms with Gasteiger partial charge >= 0.3 is 0 Å². The monoisotopic (exact) mass is 360 g/mol. The van der Waals surface area contributed by atoms with Crippen LogP contribution in [-0.4, -0.2) is 27.0 Å². The molecule has 1 aliphatic heterocycles. The lowest BCUT2D eigenvalue weighted by Crippen LogP contribution is -2.38. The first-order valence-corrected chi connectivity index (χ1v) is 8.92. The van der Waals surface area contributed by atoms with E-state index in [1.807, 2.05) is 6.92 Å². The van der Waals surface area contributed by atoms with Crippen LogP contribution < -0.4 is 11.1 Å². The largest absolute Gasteiger partial charge is 0.382 e. The van der Waals surface area contributed by atoms with E-state index in [1.165, 1.54) is 17.5 Å². The summed E-state index contributed by atoms with van der Waals surface area (Å²) in [4.78, 5) is 10.3. The van der Waals surface area contributed by atoms with Gasteiger partial charge in [0.05, 0.1) is 6.04 Å². The van der Waals surface area contributed by atoms with Gasteiger partial charge in [-0.05, 0) is 44.9 Å². The standard InChI is InChI=1S/C21H24N6/c1-12(2)27-15(5)19-13(3)7-6-8-16(19)9-18(27)14(4)26-21-17(10-22)20(23)24-11-25-21/h6-9,11-12,14H,5H2,1-4H3,(H3,23,24,25,26). The van der Waals surface area contributed by atoms with Gasteiger partial charge in [-0.2, -0.15) is 5.26 Å². The molecule has 0 fully saturated rings. The van der Waals surface area contributed by atoms with E-state index < -0.39 is 0 Å². The zero-order valence-electron chi connectivity index (χ0n) is 16.1. The van der Waals surface area contributed by atoms with Gasteiger partial charge in [-0.25, -0.2) is 9.97 Å². The van der Waals surface area contributed by atoms with Gasteiger partial charge in [0.15, 0.2) is 0 Å². The zero-order chi connectivity index (χ0) is 19.7. The number of rotatable bonds is 4. The molecule has 138 valence electrons. The number of hydrogen-bond acceptors (Lipinski definition) is 6. The average Bonchev–Trinajstić information content (AvgIpc) is 2.61. The summed E-state index contributed by atoms with van der Waals surface area (Å²) >= 11 is 0. The van der Waals surface area contributed by atoms with Crippen molar-refractivity contribution in [3.05, 3.63) is 59.1 Å². The molecule has 2 aromatic rings. The molecule has 27 heavy (non-hydrogen) atoms. The van der Waals surface area contributed by atoms with Gasteiger partial charge in [0.25, 0.3) is 0 Å². The van der Waals surface area contributed by atoms with Crippen LogP contribution in [0.2, 0.25) is 0 Å². The molecule has 6 heteroatoms. The molecule has 3 N–H and O–H groups in total. The lowest BCUT2D eigenvalue weighted by molar-refractivity contribution is 0.387. The maximum absolute atomic E-state index is 9.38. The van der Waals surface area contributed by atoms with Gasteiger partial charge in [-0.3, -0.25) is 0 Å². The van der Waals surface area contributed by atoms with Crippen LogP contribution in [0, 0.1) is 18.3 Å². The highest BCUT2D eigenvalue weighted by atomic mass is 15.2. The molecular weight excluding hydrogens is 336 g/mol. The molecular formula is C21H24N6. The van der Waals surface area contributed by atoms with Crippen LogP contribution in [0.25, 0.3) is 11.8 Å². The van der Waals surface area contributed by atoms with E-state index in [0.717, 1.165) is 17.0 Å². The summed E-state index contributed by atoms with van der Waals surface area (Å²) in [5.74, 6) is 0.605. The number of hydrogen-bond donors (Lipinski definition) is 2. The number of aromatic nitrogens is 2. The summed E-state index contributed by atoms with van der Waals surface area (Å²) in [7, 11) is 0. The Morgan fingerprint density at radius 2 is 2.00 bits per heavy atom. The SMILES string of the molecule is C=C1c2c(C)cccc2C=C(C(C)Nc2ncnc(N)c2C#N)N1C(C)C. The van der Waals surface area contributed by atoms with Gasteiger partial charge in [-0.1, -0.05) is 24.8 Å². The lowest BCUT2D eigenvalue weighted by Gasteiger charge is -2.40. The lowest BCUT2D eigenvalue weighted by atomic mass is 9.92. The highest BCUT2D eigenvalue weighted by molar-refractivity contribution is 5.81. The summed E-state index contributed by atoms with van der Waals surface area (Å²) < 4.78 is 0. The second kappa shape index (κ2) is 7.12. The smallest absolute Gasteiger partial charge is 0.150 e. The predicted molar refractivity (Wildman–Crippen MR) is 109 cm³/mol. The van der Waals surface area contributed by atoms with Crippen molar-refractivity contribution in [1.29, 1.82) is 5.26 Å². The topological polar surface area (TPSA) is 90.9 Å². The van der Waals surface area contributed by atoms with E-state index in [4.69, 9.17) is 5.73 Å². The third kappa shape index (κ3) is 3.24. The van der Waals surface area contributed by atoms with E-state index >= 15 is 0 Å². The van der Waals surface area contributed by atoms with Crippen LogP contribution in [0.4, 0.5) is 11.6 Å². The van der Waals surface area contributed by atoms with E-state index in [-0.39, 0.29) is 23.5 Å². The molecule has 1 unspecified atom stereocenters. The summed E-state index contributed by atoms with van der Waals surface area (Å²) in [6.45, 7) is 12.8. The molecule has 1 aromatic heterocycles. The fourth-order valence-electron chi connectivity index (χ4n) is 3.55. The Bertz CT molecular complexity index is 967. The number of anilines is 2. The molecule has 1 aromatic carbocycles. The second-order valence-electron chi connectivity index (χ2n) is 6.98. The molecule has 0 saturated carbocycles. The van der Waals surface area contributed by atoms with Crippen molar-refractivity contribution in [3.63, 3.8) is 0 Å². The molecule has 3 rings (SSSR count). The Morgan fingerprint density at radius 3 is 2.67 bits per heavy atom. The van der Waals surface area contributed by atoms with Crippen molar-refractivity contribution >= 4 is 23.4 Å². The summed E-state index contributed by atoms with van der Waals surface area (Å²) in [6.07, 6.45) is 3.53.